The molecule has 1 aliphatic heterocycles. The Morgan fingerprint density at radius 2 is 1.94 bits per heavy atom. The van der Waals surface area contributed by atoms with Crippen molar-refractivity contribution in [3.8, 4) is 17.2 Å². The Morgan fingerprint density at radius 1 is 1.15 bits per heavy atom. The van der Waals surface area contributed by atoms with Crippen LogP contribution < -0.4 is 0 Å². The first kappa shape index (κ1) is 22.0. The lowest BCUT2D eigenvalue weighted by atomic mass is 9.92. The van der Waals surface area contributed by atoms with Gasteiger partial charge in [0.1, 0.15) is 6.61 Å². The molecule has 1 aromatic heterocycles. The van der Waals surface area contributed by atoms with E-state index in [9.17, 15) is 9.90 Å². The van der Waals surface area contributed by atoms with Crippen LogP contribution in [0.15, 0.2) is 85.1 Å². The van der Waals surface area contributed by atoms with Crippen molar-refractivity contribution in [1.29, 1.82) is 5.26 Å². The number of carbonyl (C=O) groups is 1. The summed E-state index contributed by atoms with van der Waals surface area (Å²) in [5, 5.41) is 21.7. The van der Waals surface area contributed by atoms with E-state index in [1.807, 2.05) is 54.7 Å². The Hall–Kier alpha value is -3.85. The third-order valence-corrected chi connectivity index (χ3v) is 6.54. The van der Waals surface area contributed by atoms with E-state index in [1.54, 1.807) is 6.07 Å². The van der Waals surface area contributed by atoms with Crippen molar-refractivity contribution < 1.29 is 14.6 Å². The van der Waals surface area contributed by atoms with Crippen LogP contribution in [0.1, 0.15) is 22.8 Å². The summed E-state index contributed by atoms with van der Waals surface area (Å²) in [7, 11) is 0. The van der Waals surface area contributed by atoms with Gasteiger partial charge in [0.15, 0.2) is 0 Å². The number of carbonyl (C=O) groups excluding carboxylic acids is 1. The maximum atomic E-state index is 11.8. The number of aromatic nitrogens is 1. The molecule has 1 fully saturated rings. The number of esters is 1. The lowest BCUT2D eigenvalue weighted by Gasteiger charge is -2.15. The summed E-state index contributed by atoms with van der Waals surface area (Å²) < 4.78 is 7.14. The monoisotopic (exact) mass is 468 g/mol. The van der Waals surface area contributed by atoms with Crippen molar-refractivity contribution in [2.45, 2.75) is 12.6 Å². The maximum absolute atomic E-state index is 11.8. The van der Waals surface area contributed by atoms with Crippen LogP contribution in [-0.2, 0) is 16.1 Å². The molecule has 2 unspecified atom stereocenters. The van der Waals surface area contributed by atoms with Crippen molar-refractivity contribution in [3.63, 3.8) is 0 Å². The Bertz CT molecular complexity index is 1460. The first-order valence-electron chi connectivity index (χ1n) is 10.9. The summed E-state index contributed by atoms with van der Waals surface area (Å²) in [6.45, 7) is 4.49. The van der Waals surface area contributed by atoms with E-state index in [-0.39, 0.29) is 12.2 Å². The number of rotatable bonds is 5. The molecule has 0 amide bonds. The second kappa shape index (κ2) is 8.83. The van der Waals surface area contributed by atoms with Crippen LogP contribution in [0.25, 0.3) is 22.0 Å². The third kappa shape index (κ3) is 3.99. The molecule has 2 atom stereocenters. The van der Waals surface area contributed by atoms with Gasteiger partial charge in [-0.3, -0.25) is 0 Å². The molecule has 4 aromatic rings. The van der Waals surface area contributed by atoms with Crippen LogP contribution in [0.5, 0.6) is 0 Å². The molecule has 0 bridgehead atoms. The van der Waals surface area contributed by atoms with E-state index in [0.717, 1.165) is 27.6 Å². The maximum Gasteiger partial charge on any atom is 0.333 e. The van der Waals surface area contributed by atoms with Gasteiger partial charge in [-0.15, -0.1) is 0 Å². The third-order valence-electron chi connectivity index (χ3n) is 6.31. The smallest absolute Gasteiger partial charge is 0.333 e. The van der Waals surface area contributed by atoms with E-state index in [4.69, 9.17) is 21.6 Å². The average molecular weight is 469 g/mol. The number of hydrogen-bond acceptors (Lipinski definition) is 4. The molecular weight excluding hydrogens is 448 g/mol. The van der Waals surface area contributed by atoms with Gasteiger partial charge in [-0.1, -0.05) is 54.6 Å². The largest absolute Gasteiger partial charge is 0.462 e. The van der Waals surface area contributed by atoms with Gasteiger partial charge >= 0.3 is 5.97 Å². The van der Waals surface area contributed by atoms with Crippen molar-refractivity contribution in [2.75, 3.05) is 6.61 Å². The van der Waals surface area contributed by atoms with Crippen LogP contribution >= 0.6 is 11.6 Å². The van der Waals surface area contributed by atoms with Crippen LogP contribution in [0.2, 0.25) is 5.02 Å². The van der Waals surface area contributed by atoms with E-state index in [1.165, 1.54) is 0 Å². The highest BCUT2D eigenvalue weighted by molar-refractivity contribution is 6.31. The number of aliphatic hydroxyl groups excluding tert-OH is 1. The second-order valence-corrected chi connectivity index (χ2v) is 8.87. The van der Waals surface area contributed by atoms with Crippen LogP contribution in [-0.4, -0.2) is 22.2 Å². The molecule has 0 spiro atoms. The predicted molar refractivity (Wildman–Crippen MR) is 131 cm³/mol. The number of hydrogen-bond donors (Lipinski definition) is 1. The Morgan fingerprint density at radius 3 is 2.65 bits per heavy atom. The Kier molecular flexibility index (Phi) is 5.70. The number of benzene rings is 3. The predicted octanol–water partition coefficient (Wildman–Crippen LogP) is 5.64. The number of nitrogens with zero attached hydrogens (tertiary/aromatic N) is 2. The zero-order valence-electron chi connectivity index (χ0n) is 18.2. The van der Waals surface area contributed by atoms with E-state index in [0.29, 0.717) is 22.7 Å². The summed E-state index contributed by atoms with van der Waals surface area (Å²) >= 11 is 6.27. The van der Waals surface area contributed by atoms with Crippen molar-refractivity contribution in [1.82, 2.24) is 4.57 Å². The molecular formula is C28H21ClN2O3. The van der Waals surface area contributed by atoms with Gasteiger partial charge in [0, 0.05) is 39.8 Å². The highest BCUT2D eigenvalue weighted by Gasteiger charge is 2.36. The fraction of sp³-hybridized carbons (Fsp3) is 0.143. The van der Waals surface area contributed by atoms with Crippen LogP contribution in [0, 0.1) is 17.2 Å². The zero-order valence-corrected chi connectivity index (χ0v) is 19.0. The normalized spacial score (nSPS) is 16.4. The number of nitriles is 1. The molecule has 168 valence electrons. The molecule has 34 heavy (non-hydrogen) atoms. The summed E-state index contributed by atoms with van der Waals surface area (Å²) in [4.78, 5) is 11.8. The van der Waals surface area contributed by atoms with Gasteiger partial charge in [0.2, 0.25) is 0 Å². The molecule has 1 N–H and O–H groups in total. The number of halogens is 1. The van der Waals surface area contributed by atoms with E-state index < -0.39 is 18.0 Å². The Labute approximate surface area is 202 Å². The topological polar surface area (TPSA) is 75.2 Å². The molecule has 5 rings (SSSR count). The summed E-state index contributed by atoms with van der Waals surface area (Å²) in [5.74, 6) is -0.958. The minimum Gasteiger partial charge on any atom is -0.462 e. The summed E-state index contributed by atoms with van der Waals surface area (Å²) in [6.07, 6.45) is 0.974. The van der Waals surface area contributed by atoms with Crippen LogP contribution in [0.4, 0.5) is 0 Å². The molecule has 0 radical (unpaired) electrons. The van der Waals surface area contributed by atoms with E-state index >= 15 is 0 Å². The first-order chi connectivity index (χ1) is 16.4. The molecule has 1 saturated heterocycles. The molecule has 3 aromatic carbocycles. The number of ether oxygens (including phenoxy) is 1. The fourth-order valence-electron chi connectivity index (χ4n) is 4.44. The number of cyclic esters (lactones) is 1. The highest BCUT2D eigenvalue weighted by Crippen LogP contribution is 2.37. The summed E-state index contributed by atoms with van der Waals surface area (Å²) in [6, 6.07) is 23.5. The molecule has 6 heteroatoms. The number of aliphatic hydroxyl groups is 1. The van der Waals surface area contributed by atoms with Crippen molar-refractivity contribution in [2.24, 2.45) is 5.92 Å². The van der Waals surface area contributed by atoms with Gasteiger partial charge in [-0.2, -0.15) is 5.26 Å². The minimum absolute atomic E-state index is 0.112. The van der Waals surface area contributed by atoms with Crippen molar-refractivity contribution in [3.05, 3.63) is 107 Å². The molecule has 5 nitrogen and oxygen atoms in total. The van der Waals surface area contributed by atoms with Gasteiger partial charge < -0.3 is 14.4 Å². The Balaban J connectivity index is 1.47. The second-order valence-electron chi connectivity index (χ2n) is 8.44. The first-order valence-corrected chi connectivity index (χ1v) is 11.2. The lowest BCUT2D eigenvalue weighted by Crippen LogP contribution is -2.14. The summed E-state index contributed by atoms with van der Waals surface area (Å²) in [5.41, 5.74) is 5.63. The van der Waals surface area contributed by atoms with Gasteiger partial charge in [0.05, 0.1) is 23.7 Å². The fourth-order valence-corrected chi connectivity index (χ4v) is 4.61. The van der Waals surface area contributed by atoms with Crippen LogP contribution in [0.3, 0.4) is 0 Å². The quantitative estimate of drug-likeness (QED) is 0.303. The molecule has 0 aliphatic carbocycles. The minimum atomic E-state index is -0.934. The average Bonchev–Trinajstić information content (AvgIpc) is 3.38. The lowest BCUT2D eigenvalue weighted by molar-refractivity contribution is -0.135. The molecule has 0 saturated carbocycles. The SMILES string of the molecule is C=C1C(=O)OCC1C(O)c1cn(Cc2ccc(-c3cccc(C#N)c3)cc2)c2ccc(Cl)cc12. The number of fused-ring (bicyclic) bond motifs is 1. The standard InChI is InChI=1S/C28H21ClN2O3/c1-17-25(16-34-28(17)33)27(32)24-15-31(26-10-9-22(29)12-23(24)26)14-18-5-7-20(8-6-18)21-4-2-3-19(11-21)13-30/h2-12,15,25,27,32H,1,14,16H2. The molecule has 1 aliphatic rings. The van der Waals surface area contributed by atoms with Crippen molar-refractivity contribution >= 4 is 28.5 Å². The highest BCUT2D eigenvalue weighted by atomic mass is 35.5. The van der Waals surface area contributed by atoms with E-state index in [2.05, 4.69) is 29.3 Å². The zero-order chi connectivity index (χ0) is 23.8. The molecule has 2 heterocycles. The van der Waals surface area contributed by atoms with Gasteiger partial charge in [-0.25, -0.2) is 4.79 Å². The van der Waals surface area contributed by atoms with Gasteiger partial charge in [-0.05, 0) is 47.0 Å². The van der Waals surface area contributed by atoms with Gasteiger partial charge in [0.25, 0.3) is 0 Å².